The summed E-state index contributed by atoms with van der Waals surface area (Å²) in [4.78, 5) is 2.39. The zero-order chi connectivity index (χ0) is 15.5. The van der Waals surface area contributed by atoms with Gasteiger partial charge in [0.25, 0.3) is 0 Å². The van der Waals surface area contributed by atoms with Crippen LogP contribution in [0.5, 0.6) is 0 Å². The maximum absolute atomic E-state index is 13.8. The van der Waals surface area contributed by atoms with Crippen molar-refractivity contribution in [2.75, 3.05) is 26.7 Å². The molecule has 2 N–H and O–H groups in total. The van der Waals surface area contributed by atoms with Crippen LogP contribution in [0.15, 0.2) is 24.3 Å². The van der Waals surface area contributed by atoms with E-state index in [1.54, 1.807) is 19.2 Å². The summed E-state index contributed by atoms with van der Waals surface area (Å²) in [5.74, 6) is -0.0154. The summed E-state index contributed by atoms with van der Waals surface area (Å²) >= 11 is 0. The minimum Gasteiger partial charge on any atom is -0.377 e. The number of likely N-dealkylation sites (tertiary alicyclic amines) is 1. The second-order valence-electron chi connectivity index (χ2n) is 6.52. The lowest BCUT2D eigenvalue weighted by molar-refractivity contribution is -0.0538. The van der Waals surface area contributed by atoms with Crippen molar-refractivity contribution >= 4 is 0 Å². The molecule has 4 heteroatoms. The molecule has 0 radical (unpaired) electrons. The minimum atomic E-state index is -0.276. The Labute approximate surface area is 127 Å². The normalized spacial score (nSPS) is 26.5. The van der Waals surface area contributed by atoms with Gasteiger partial charge in [-0.3, -0.25) is 0 Å². The van der Waals surface area contributed by atoms with Crippen LogP contribution in [0.1, 0.15) is 38.3 Å². The first-order valence-corrected chi connectivity index (χ1v) is 7.73. The summed E-state index contributed by atoms with van der Waals surface area (Å²) in [5, 5.41) is 0. The number of nitrogens with two attached hydrogens (primary N) is 1. The van der Waals surface area contributed by atoms with E-state index < -0.39 is 0 Å². The maximum Gasteiger partial charge on any atom is 0.127 e. The SMILES string of the molecule is COC1(C)CCCN(CC(C)C(N)c2ccccc2F)C1. The Kier molecular flexibility index (Phi) is 5.36. The lowest BCUT2D eigenvalue weighted by atomic mass is 9.91. The van der Waals surface area contributed by atoms with Crippen molar-refractivity contribution in [3.63, 3.8) is 0 Å². The van der Waals surface area contributed by atoms with Gasteiger partial charge in [-0.15, -0.1) is 0 Å². The number of ether oxygens (including phenoxy) is 1. The van der Waals surface area contributed by atoms with Gasteiger partial charge < -0.3 is 15.4 Å². The topological polar surface area (TPSA) is 38.5 Å². The Bertz CT molecular complexity index is 468. The molecular formula is C17H27FN2O. The van der Waals surface area contributed by atoms with E-state index in [2.05, 4.69) is 18.7 Å². The Morgan fingerprint density at radius 2 is 2.14 bits per heavy atom. The second-order valence-corrected chi connectivity index (χ2v) is 6.52. The van der Waals surface area contributed by atoms with Crippen molar-refractivity contribution in [2.45, 2.75) is 38.3 Å². The fourth-order valence-corrected chi connectivity index (χ4v) is 3.20. The van der Waals surface area contributed by atoms with Gasteiger partial charge in [-0.2, -0.15) is 0 Å². The Morgan fingerprint density at radius 3 is 2.81 bits per heavy atom. The standard InChI is InChI=1S/C17H27FN2O/c1-13(16(19)14-7-4-5-8-15(14)18)11-20-10-6-9-17(2,12-20)21-3/h4-5,7-8,13,16H,6,9-12,19H2,1-3H3. The van der Waals surface area contributed by atoms with E-state index in [0.717, 1.165) is 32.5 Å². The number of hydrogen-bond acceptors (Lipinski definition) is 3. The molecule has 1 aliphatic rings. The predicted molar refractivity (Wildman–Crippen MR) is 83.6 cm³/mol. The van der Waals surface area contributed by atoms with Gasteiger partial charge in [-0.1, -0.05) is 25.1 Å². The molecule has 0 bridgehead atoms. The number of piperidine rings is 1. The Balaban J connectivity index is 1.98. The fourth-order valence-electron chi connectivity index (χ4n) is 3.20. The third-order valence-electron chi connectivity index (χ3n) is 4.65. The third kappa shape index (κ3) is 4.02. The van der Waals surface area contributed by atoms with Crippen LogP contribution in [0.2, 0.25) is 0 Å². The summed E-state index contributed by atoms with van der Waals surface area (Å²) in [6.45, 7) is 7.09. The van der Waals surface area contributed by atoms with Crippen LogP contribution >= 0.6 is 0 Å². The minimum absolute atomic E-state index is 0.0694. The summed E-state index contributed by atoms with van der Waals surface area (Å²) in [5.41, 5.74) is 6.80. The van der Waals surface area contributed by atoms with Crippen LogP contribution in [0.25, 0.3) is 0 Å². The summed E-state index contributed by atoms with van der Waals surface area (Å²) in [6, 6.07) is 6.53. The Hall–Kier alpha value is -0.970. The van der Waals surface area contributed by atoms with Crippen molar-refractivity contribution in [1.82, 2.24) is 4.90 Å². The maximum atomic E-state index is 13.8. The molecule has 1 aromatic rings. The molecule has 3 nitrogen and oxygen atoms in total. The van der Waals surface area contributed by atoms with Gasteiger partial charge in [0.2, 0.25) is 0 Å². The number of hydrogen-bond donors (Lipinski definition) is 1. The highest BCUT2D eigenvalue weighted by molar-refractivity contribution is 5.21. The van der Waals surface area contributed by atoms with Gasteiger partial charge in [-0.05, 0) is 38.3 Å². The van der Waals surface area contributed by atoms with Crippen molar-refractivity contribution in [1.29, 1.82) is 0 Å². The molecule has 1 aliphatic heterocycles. The van der Waals surface area contributed by atoms with E-state index in [4.69, 9.17) is 10.5 Å². The van der Waals surface area contributed by atoms with E-state index in [1.165, 1.54) is 6.07 Å². The smallest absolute Gasteiger partial charge is 0.127 e. The number of halogens is 1. The molecule has 3 atom stereocenters. The lowest BCUT2D eigenvalue weighted by Crippen LogP contribution is -2.49. The molecule has 2 rings (SSSR count). The van der Waals surface area contributed by atoms with Crippen LogP contribution in [0, 0.1) is 11.7 Å². The van der Waals surface area contributed by atoms with Crippen molar-refractivity contribution < 1.29 is 9.13 Å². The highest BCUT2D eigenvalue weighted by atomic mass is 19.1. The highest BCUT2D eigenvalue weighted by Gasteiger charge is 2.32. The van der Waals surface area contributed by atoms with Crippen LogP contribution in [-0.4, -0.2) is 37.2 Å². The van der Waals surface area contributed by atoms with Gasteiger partial charge >= 0.3 is 0 Å². The van der Waals surface area contributed by atoms with E-state index in [0.29, 0.717) is 5.56 Å². The molecule has 0 aliphatic carbocycles. The molecule has 0 aromatic heterocycles. The van der Waals surface area contributed by atoms with Crippen LogP contribution < -0.4 is 5.73 Å². The van der Waals surface area contributed by atoms with Gasteiger partial charge in [-0.25, -0.2) is 4.39 Å². The first-order chi connectivity index (χ1) is 9.95. The lowest BCUT2D eigenvalue weighted by Gasteiger charge is -2.41. The highest BCUT2D eigenvalue weighted by Crippen LogP contribution is 2.27. The summed E-state index contributed by atoms with van der Waals surface area (Å²) < 4.78 is 19.5. The first-order valence-electron chi connectivity index (χ1n) is 7.73. The molecule has 21 heavy (non-hydrogen) atoms. The molecule has 118 valence electrons. The van der Waals surface area contributed by atoms with E-state index in [1.807, 2.05) is 6.07 Å². The van der Waals surface area contributed by atoms with Gasteiger partial charge in [0.1, 0.15) is 5.82 Å². The predicted octanol–water partition coefficient (Wildman–Crippen LogP) is 2.96. The summed E-state index contributed by atoms with van der Waals surface area (Å²) in [7, 11) is 1.78. The number of rotatable bonds is 5. The van der Waals surface area contributed by atoms with Gasteiger partial charge in [0.15, 0.2) is 0 Å². The fraction of sp³-hybridized carbons (Fsp3) is 0.647. The number of benzene rings is 1. The molecule has 1 heterocycles. The molecule has 1 aromatic carbocycles. The molecule has 1 saturated heterocycles. The van der Waals surface area contributed by atoms with Crippen LogP contribution in [0.3, 0.4) is 0 Å². The number of nitrogens with zero attached hydrogens (tertiary/aromatic N) is 1. The Morgan fingerprint density at radius 1 is 1.43 bits per heavy atom. The van der Waals surface area contributed by atoms with E-state index in [9.17, 15) is 4.39 Å². The molecular weight excluding hydrogens is 267 g/mol. The monoisotopic (exact) mass is 294 g/mol. The molecule has 3 unspecified atom stereocenters. The first kappa shape index (κ1) is 16.4. The van der Waals surface area contributed by atoms with E-state index >= 15 is 0 Å². The second kappa shape index (κ2) is 6.86. The molecule has 0 amide bonds. The zero-order valence-electron chi connectivity index (χ0n) is 13.3. The third-order valence-corrected chi connectivity index (χ3v) is 4.65. The van der Waals surface area contributed by atoms with Crippen LogP contribution in [0.4, 0.5) is 4.39 Å². The van der Waals surface area contributed by atoms with Crippen molar-refractivity contribution in [3.05, 3.63) is 35.6 Å². The molecule has 0 saturated carbocycles. The van der Waals surface area contributed by atoms with Gasteiger partial charge in [0, 0.05) is 31.8 Å². The van der Waals surface area contributed by atoms with Crippen molar-refractivity contribution in [3.8, 4) is 0 Å². The van der Waals surface area contributed by atoms with Gasteiger partial charge in [0.05, 0.1) is 5.60 Å². The summed E-state index contributed by atoms with van der Waals surface area (Å²) in [6.07, 6.45) is 2.22. The largest absolute Gasteiger partial charge is 0.377 e. The van der Waals surface area contributed by atoms with Crippen LogP contribution in [-0.2, 0) is 4.74 Å². The number of methoxy groups -OCH3 is 1. The molecule has 0 spiro atoms. The average molecular weight is 294 g/mol. The quantitative estimate of drug-likeness (QED) is 0.907. The zero-order valence-corrected chi connectivity index (χ0v) is 13.3. The van der Waals surface area contributed by atoms with Crippen molar-refractivity contribution in [2.24, 2.45) is 11.7 Å². The van der Waals surface area contributed by atoms with E-state index in [-0.39, 0.29) is 23.4 Å². The molecule has 1 fully saturated rings. The average Bonchev–Trinajstić information content (AvgIpc) is 2.47.